The predicted octanol–water partition coefficient (Wildman–Crippen LogP) is -8.04. The van der Waals surface area contributed by atoms with E-state index in [1.54, 1.807) is 48.5 Å². The van der Waals surface area contributed by atoms with E-state index >= 15 is 0 Å². The lowest BCUT2D eigenvalue weighted by molar-refractivity contribution is -0.371. The smallest absolute Gasteiger partial charge is 0.187 e. The van der Waals surface area contributed by atoms with Gasteiger partial charge in [-0.05, 0) is 47.5 Å². The van der Waals surface area contributed by atoms with Gasteiger partial charge in [-0.3, -0.25) is 9.98 Å². The largest absolute Gasteiger partial charge is 0.507 e. The Labute approximate surface area is 543 Å². The Bertz CT molecular complexity index is 2750. The van der Waals surface area contributed by atoms with Gasteiger partial charge in [-0.25, -0.2) is 0 Å². The summed E-state index contributed by atoms with van der Waals surface area (Å²) < 4.78 is 56.6. The number of phenols is 2. The fourth-order valence-electron chi connectivity index (χ4n) is 11.3. The van der Waals surface area contributed by atoms with Crippen LogP contribution in [0.2, 0.25) is 0 Å². The number of aliphatic imine (C=N–C) groups is 2. The molecule has 0 spiro atoms. The number of aliphatic hydroxyl groups is 20. The fourth-order valence-corrected chi connectivity index (χ4v) is 13.5. The monoisotopic (exact) mass is 1380 g/mol. The Kier molecular flexibility index (Phi) is 26.3. The van der Waals surface area contributed by atoms with Crippen molar-refractivity contribution in [2.24, 2.45) is 9.98 Å². The predicted molar refractivity (Wildman–Crippen MR) is 318 cm³/mol. The highest BCUT2D eigenvalue weighted by atomic mass is 32.2. The standard InChI is InChI=1S/C58H80N2O32S2/c61-13-29-35(69)37(71)43(77)53(83-29)89-49-31(15-63)85-55(45(79)39(49)73)91-51-33(17-65)87-57(47(81)41(51)75)93-19-21-5-7-27(67)23(9-21)11-59-25-3-1-2-4-26(25)60-12-24-10-22(6-8-28(24)68)20-94-58-48(82)42(76)52(34(18-66)88-58)92-56-46(80)40(74)50(32(16-64)86-56)90-54-44(78)38(72)36(70)30(14-62)84-54/h1-12,29-58,61-82H,13-20H2/t29-,30-,31-,32-,33-,34-,35-,36-,37+,38+,39-,40-,41-,42-,43-,44-,45-,46-,47-,48-,49-,50-,51-,52-,53-,54-,55-,56-,57+,58+/m1/s1. The molecule has 0 aromatic heterocycles. The van der Waals surface area contributed by atoms with Gasteiger partial charge < -0.3 is 160 Å². The Hall–Kier alpha value is -3.90. The van der Waals surface area contributed by atoms with Crippen molar-refractivity contribution in [3.05, 3.63) is 82.9 Å². The maximum absolute atomic E-state index is 11.3. The summed E-state index contributed by atoms with van der Waals surface area (Å²) in [5.41, 5.74) is -0.0692. The first-order valence-corrected chi connectivity index (χ1v) is 31.8. The molecule has 6 fully saturated rings. The number of ether oxygens (including phenoxy) is 10. The topological polar surface area (TPSA) is 562 Å². The number of phenolic OH excluding ortho intramolecular Hbond substituents is 2. The second-order valence-electron chi connectivity index (χ2n) is 23.0. The maximum atomic E-state index is 11.3. The van der Waals surface area contributed by atoms with Crippen LogP contribution < -0.4 is 0 Å². The molecule has 3 aromatic carbocycles. The highest BCUT2D eigenvalue weighted by molar-refractivity contribution is 7.99. The summed E-state index contributed by atoms with van der Waals surface area (Å²) in [6.45, 7) is -4.94. The number of aliphatic hydroxyl groups excluding tert-OH is 20. The van der Waals surface area contributed by atoms with Crippen LogP contribution in [0.4, 0.5) is 11.4 Å². The number of nitrogens with zero attached hydrogens (tertiary/aromatic N) is 2. The maximum Gasteiger partial charge on any atom is 0.187 e. The van der Waals surface area contributed by atoms with E-state index in [1.165, 1.54) is 24.6 Å². The van der Waals surface area contributed by atoms with Gasteiger partial charge in [0.05, 0.1) is 51.0 Å². The minimum absolute atomic E-state index is 0.101. The van der Waals surface area contributed by atoms with Crippen LogP contribution in [0, 0.1) is 0 Å². The molecule has 0 saturated carbocycles. The van der Waals surface area contributed by atoms with Crippen LogP contribution in [0.15, 0.2) is 70.6 Å². The van der Waals surface area contributed by atoms with E-state index in [1.807, 2.05) is 0 Å². The lowest BCUT2D eigenvalue weighted by Crippen LogP contribution is -2.66. The van der Waals surface area contributed by atoms with Crippen molar-refractivity contribution in [1.82, 2.24) is 0 Å². The van der Waals surface area contributed by atoms with Crippen LogP contribution in [0.1, 0.15) is 22.3 Å². The van der Waals surface area contributed by atoms with Crippen LogP contribution in [0.25, 0.3) is 0 Å². The lowest BCUT2D eigenvalue weighted by atomic mass is 9.96. The van der Waals surface area contributed by atoms with E-state index in [9.17, 15) is 112 Å². The highest BCUT2D eigenvalue weighted by Crippen LogP contribution is 2.39. The molecule has 0 bridgehead atoms. The summed E-state index contributed by atoms with van der Waals surface area (Å²) in [5, 5.41) is 233. The molecule has 0 radical (unpaired) electrons. The number of hydrogen-bond acceptors (Lipinski definition) is 36. The molecule has 34 nitrogen and oxygen atoms in total. The Morgan fingerprint density at radius 2 is 0.628 bits per heavy atom. The first-order valence-electron chi connectivity index (χ1n) is 29.7. The molecule has 526 valence electrons. The van der Waals surface area contributed by atoms with Crippen LogP contribution in [-0.4, -0.2) is 347 Å². The summed E-state index contributed by atoms with van der Waals surface area (Å²) in [6.07, 6.45) is -45.5. The summed E-state index contributed by atoms with van der Waals surface area (Å²) in [5.74, 6) is -0.124. The molecule has 6 aliphatic heterocycles. The number of rotatable bonds is 24. The molecule has 0 unspecified atom stereocenters. The van der Waals surface area contributed by atoms with Crippen molar-refractivity contribution < 1.29 is 160 Å². The lowest BCUT2D eigenvalue weighted by Gasteiger charge is -2.48. The van der Waals surface area contributed by atoms with Gasteiger partial charge >= 0.3 is 0 Å². The number of hydrogen-bond donors (Lipinski definition) is 22. The van der Waals surface area contributed by atoms with Gasteiger partial charge in [-0.2, -0.15) is 0 Å². The van der Waals surface area contributed by atoms with Crippen molar-refractivity contribution in [3.8, 4) is 11.5 Å². The summed E-state index contributed by atoms with van der Waals surface area (Å²) >= 11 is 2.02. The molecular formula is C58H80N2O32S2. The number of aromatic hydroxyl groups is 2. The SMILES string of the molecule is OC[C@H]1O[C@H](O[C@H]2[C@H](O)[C@@H](O)[C@@H](O[C@H]3[C@H](O)[C@@H](O)[C@H](SCc4ccc(O)c(C=Nc5ccccc5N=Cc5cc(CS[C@@H]6O[C@H](CO)[C@@H](O[C@H]7O[C@H](CO)[C@@H](O[C@H]8O[C@H](CO)[C@@H](O)[C@H](O)[C@H]8O)[C@H](O)[C@H]7O)[C@H](O)[C@H]6O)ccc5O)c4)O[C@@H]3CO)O[C@@H]2CO)[C@H](O)[C@@H](O)[C@@H]1O. The summed E-state index contributed by atoms with van der Waals surface area (Å²) in [7, 11) is 0. The second kappa shape index (κ2) is 33.3. The van der Waals surface area contributed by atoms with Gasteiger partial charge in [-0.1, -0.05) is 24.3 Å². The number of para-hydroxylation sites is 2. The van der Waals surface area contributed by atoms with E-state index in [2.05, 4.69) is 9.98 Å². The van der Waals surface area contributed by atoms with E-state index in [0.29, 0.717) is 22.5 Å². The van der Waals surface area contributed by atoms with Crippen LogP contribution in [-0.2, 0) is 58.9 Å². The molecule has 9 rings (SSSR count). The third kappa shape index (κ3) is 16.5. The first-order chi connectivity index (χ1) is 44.9. The molecule has 3 aromatic rings. The molecule has 36 heteroatoms. The molecule has 30 atom stereocenters. The van der Waals surface area contributed by atoms with Gasteiger partial charge in [-0.15, -0.1) is 23.5 Å². The Morgan fingerprint density at radius 1 is 0.340 bits per heavy atom. The van der Waals surface area contributed by atoms with Gasteiger partial charge in [0.15, 0.2) is 25.2 Å². The zero-order chi connectivity index (χ0) is 68.0. The summed E-state index contributed by atoms with van der Waals surface area (Å²) in [4.78, 5) is 9.12. The van der Waals surface area contributed by atoms with Crippen molar-refractivity contribution >= 4 is 47.3 Å². The molecule has 22 N–H and O–H groups in total. The number of thioether (sulfide) groups is 2. The molecule has 94 heavy (non-hydrogen) atoms. The van der Waals surface area contributed by atoms with Gasteiger partial charge in [0.2, 0.25) is 0 Å². The van der Waals surface area contributed by atoms with Crippen LogP contribution in [0.3, 0.4) is 0 Å². The first kappa shape index (κ1) is 74.3. The van der Waals surface area contributed by atoms with E-state index < -0.39 is 222 Å². The minimum Gasteiger partial charge on any atom is -0.507 e. The van der Waals surface area contributed by atoms with Gasteiger partial charge in [0.1, 0.15) is 169 Å². The quantitative estimate of drug-likeness (QED) is 0.0370. The molecule has 6 heterocycles. The highest BCUT2D eigenvalue weighted by Gasteiger charge is 2.56. The Morgan fingerprint density at radius 3 is 0.947 bits per heavy atom. The second-order valence-corrected chi connectivity index (χ2v) is 25.2. The van der Waals surface area contributed by atoms with E-state index in [-0.39, 0.29) is 34.1 Å². The third-order valence-corrected chi connectivity index (χ3v) is 19.2. The molecule has 0 aliphatic carbocycles. The molecule has 6 saturated heterocycles. The molecular weight excluding hydrogens is 1300 g/mol. The van der Waals surface area contributed by atoms with E-state index in [0.717, 1.165) is 23.5 Å². The minimum atomic E-state index is -2.00. The van der Waals surface area contributed by atoms with Crippen LogP contribution >= 0.6 is 23.5 Å². The normalized spacial score (nSPS) is 41.5. The number of benzene rings is 3. The van der Waals surface area contributed by atoms with E-state index in [4.69, 9.17) is 47.4 Å². The average Bonchev–Trinajstić information content (AvgIpc) is 0.835. The zero-order valence-corrected chi connectivity index (χ0v) is 51.2. The Balaban J connectivity index is 0.773. The van der Waals surface area contributed by atoms with Crippen molar-refractivity contribution in [3.63, 3.8) is 0 Å². The third-order valence-electron chi connectivity index (χ3n) is 16.7. The zero-order valence-electron chi connectivity index (χ0n) is 49.5. The van der Waals surface area contributed by atoms with Gasteiger partial charge in [0.25, 0.3) is 0 Å². The van der Waals surface area contributed by atoms with Crippen molar-refractivity contribution in [1.29, 1.82) is 0 Å². The fraction of sp³-hybridized carbons (Fsp3) is 0.655. The average molecular weight is 1380 g/mol. The summed E-state index contributed by atoms with van der Waals surface area (Å²) in [6, 6.07) is 15.8. The van der Waals surface area contributed by atoms with Crippen LogP contribution in [0.5, 0.6) is 11.5 Å². The molecule has 6 aliphatic rings. The molecule has 0 amide bonds. The van der Waals surface area contributed by atoms with Crippen molar-refractivity contribution in [2.75, 3.05) is 39.6 Å². The van der Waals surface area contributed by atoms with Gasteiger partial charge in [0, 0.05) is 35.1 Å². The van der Waals surface area contributed by atoms with Crippen molar-refractivity contribution in [2.45, 2.75) is 194 Å².